The molecule has 0 saturated carbocycles. The first kappa shape index (κ1) is 15.6. The summed E-state index contributed by atoms with van der Waals surface area (Å²) in [5, 5.41) is 11.9. The zero-order valence-electron chi connectivity index (χ0n) is 12.2. The van der Waals surface area contributed by atoms with E-state index in [-0.39, 0.29) is 24.8 Å². The summed E-state index contributed by atoms with van der Waals surface area (Å²) in [7, 11) is 0. The Morgan fingerprint density at radius 1 is 1.05 bits per heavy atom. The quantitative estimate of drug-likeness (QED) is 0.706. The second kappa shape index (κ2) is 5.93. The molecule has 2 unspecified atom stereocenters. The molecular weight excluding hydrogens is 255 g/mol. The van der Waals surface area contributed by atoms with Gasteiger partial charge in [0.15, 0.2) is 0 Å². The minimum atomic E-state index is -1.09. The summed E-state index contributed by atoms with van der Waals surface area (Å²) in [5.74, 6) is -1.23. The zero-order chi connectivity index (χ0) is 14.2. The topological polar surface area (TPSA) is 40.1 Å². The number of fused-ring (bicyclic) bond motifs is 1. The summed E-state index contributed by atoms with van der Waals surface area (Å²) in [5.41, 5.74) is 1.69. The molecule has 3 heteroatoms. The van der Waals surface area contributed by atoms with Crippen molar-refractivity contribution >= 4 is 12.0 Å². The molecule has 2 aromatic rings. The molecule has 0 spiro atoms. The molecule has 0 aromatic heterocycles. The van der Waals surface area contributed by atoms with Gasteiger partial charge in [0.25, 0.3) is 0 Å². The maximum atomic E-state index is 11.9. The Bertz CT molecular complexity index is 679. The van der Waals surface area contributed by atoms with Crippen LogP contribution in [-0.2, 0) is 10.2 Å². The molecule has 1 aliphatic rings. The van der Waals surface area contributed by atoms with Gasteiger partial charge in [0.1, 0.15) is 0 Å². The fourth-order valence-corrected chi connectivity index (χ4v) is 3.07. The van der Waals surface area contributed by atoms with Gasteiger partial charge in [-0.1, -0.05) is 73.7 Å². The minimum Gasteiger partial charge on any atom is -0.549 e. The molecule has 3 rings (SSSR count). The van der Waals surface area contributed by atoms with Gasteiger partial charge in [-0.25, -0.2) is 0 Å². The normalized spacial score (nSPS) is 20.4. The first-order chi connectivity index (χ1) is 9.66. The summed E-state index contributed by atoms with van der Waals surface area (Å²) in [6.07, 6.45) is 3.65. The van der Waals surface area contributed by atoms with E-state index in [1.165, 1.54) is 0 Å². The van der Waals surface area contributed by atoms with Gasteiger partial charge in [-0.2, -0.15) is 0 Å². The number of carbonyl (C=O) groups excluding carboxylic acids is 1. The van der Waals surface area contributed by atoms with Crippen molar-refractivity contribution in [1.29, 1.82) is 0 Å². The Balaban J connectivity index is 0.00000161. The van der Waals surface area contributed by atoms with Gasteiger partial charge in [0.05, 0.1) is 11.4 Å². The van der Waals surface area contributed by atoms with Gasteiger partial charge in [-0.3, -0.25) is 0 Å². The van der Waals surface area contributed by atoms with Crippen molar-refractivity contribution in [2.75, 3.05) is 0 Å². The smallest absolute Gasteiger partial charge is 0.549 e. The van der Waals surface area contributed by atoms with E-state index in [2.05, 4.69) is 0 Å². The number of aliphatic carboxylic acids is 1. The molecular formula is C18H15LiO2. The van der Waals surface area contributed by atoms with Crippen LogP contribution in [0, 0.1) is 0 Å². The van der Waals surface area contributed by atoms with Crippen LogP contribution < -0.4 is 24.0 Å². The standard InChI is InChI=1S/C18H16O2.Li/c1-13(14-7-3-2-4-8-14)18(17(19)20)12-11-15-9-5-6-10-16(15)18;/h2-13H,1H3,(H,19,20);/q;+1/p-1. The predicted octanol–water partition coefficient (Wildman–Crippen LogP) is -0.491. The Hall–Kier alpha value is -1.75. The van der Waals surface area contributed by atoms with E-state index in [9.17, 15) is 9.90 Å². The Morgan fingerprint density at radius 3 is 2.33 bits per heavy atom. The van der Waals surface area contributed by atoms with E-state index >= 15 is 0 Å². The van der Waals surface area contributed by atoms with Gasteiger partial charge < -0.3 is 9.90 Å². The third-order valence-electron chi connectivity index (χ3n) is 4.25. The molecule has 0 heterocycles. The molecule has 2 atom stereocenters. The van der Waals surface area contributed by atoms with E-state index < -0.39 is 11.4 Å². The summed E-state index contributed by atoms with van der Waals surface area (Å²) in [6, 6.07) is 17.3. The fourth-order valence-electron chi connectivity index (χ4n) is 3.07. The molecule has 0 saturated heterocycles. The Kier molecular flexibility index (Phi) is 4.42. The molecule has 2 aromatic carbocycles. The molecule has 21 heavy (non-hydrogen) atoms. The van der Waals surface area contributed by atoms with Crippen molar-refractivity contribution in [2.24, 2.45) is 0 Å². The van der Waals surface area contributed by atoms with Crippen LogP contribution in [0.4, 0.5) is 0 Å². The van der Waals surface area contributed by atoms with Crippen LogP contribution in [0.3, 0.4) is 0 Å². The van der Waals surface area contributed by atoms with Gasteiger partial charge in [0.2, 0.25) is 0 Å². The van der Waals surface area contributed by atoms with Crippen LogP contribution in [0.2, 0.25) is 0 Å². The van der Waals surface area contributed by atoms with Crippen molar-refractivity contribution in [3.05, 3.63) is 77.4 Å². The van der Waals surface area contributed by atoms with Gasteiger partial charge in [-0.05, 0) is 22.6 Å². The van der Waals surface area contributed by atoms with Crippen LogP contribution in [-0.4, -0.2) is 5.97 Å². The van der Waals surface area contributed by atoms with E-state index in [4.69, 9.17) is 0 Å². The van der Waals surface area contributed by atoms with Crippen LogP contribution in [0.5, 0.6) is 0 Å². The third kappa shape index (κ3) is 2.35. The second-order valence-electron chi connectivity index (χ2n) is 5.21. The van der Waals surface area contributed by atoms with E-state index in [0.29, 0.717) is 0 Å². The molecule has 0 fully saturated rings. The maximum absolute atomic E-state index is 11.9. The maximum Gasteiger partial charge on any atom is 1.00 e. The average Bonchev–Trinajstić information content (AvgIpc) is 2.88. The number of carboxylic acids is 1. The van der Waals surface area contributed by atoms with Gasteiger partial charge in [0, 0.05) is 0 Å². The molecule has 0 N–H and O–H groups in total. The van der Waals surface area contributed by atoms with Crippen LogP contribution in [0.1, 0.15) is 29.5 Å². The molecule has 0 amide bonds. The van der Waals surface area contributed by atoms with Gasteiger partial charge >= 0.3 is 18.9 Å². The van der Waals surface area contributed by atoms with Crippen LogP contribution >= 0.6 is 0 Å². The number of hydrogen-bond donors (Lipinski definition) is 0. The van der Waals surface area contributed by atoms with Crippen molar-refractivity contribution in [3.63, 3.8) is 0 Å². The molecule has 0 radical (unpaired) electrons. The van der Waals surface area contributed by atoms with Crippen molar-refractivity contribution in [3.8, 4) is 0 Å². The SMILES string of the molecule is CC(c1ccccc1)C1(C(=O)[O-])C=Cc2ccccc21.[Li+]. The summed E-state index contributed by atoms with van der Waals surface area (Å²) in [6.45, 7) is 1.94. The van der Waals surface area contributed by atoms with Gasteiger partial charge in [-0.15, -0.1) is 0 Å². The predicted molar refractivity (Wildman–Crippen MR) is 77.0 cm³/mol. The first-order valence-electron chi connectivity index (χ1n) is 6.71. The Morgan fingerprint density at radius 2 is 1.67 bits per heavy atom. The molecule has 0 bridgehead atoms. The van der Waals surface area contributed by atoms with Crippen LogP contribution in [0.15, 0.2) is 60.7 Å². The summed E-state index contributed by atoms with van der Waals surface area (Å²) < 4.78 is 0. The van der Waals surface area contributed by atoms with E-state index in [1.54, 1.807) is 6.08 Å². The number of benzene rings is 2. The number of carbonyl (C=O) groups is 1. The molecule has 2 nitrogen and oxygen atoms in total. The first-order valence-corrected chi connectivity index (χ1v) is 6.71. The van der Waals surface area contributed by atoms with Crippen LogP contribution in [0.25, 0.3) is 6.08 Å². The largest absolute Gasteiger partial charge is 1.00 e. The number of rotatable bonds is 3. The fraction of sp³-hybridized carbons (Fsp3) is 0.167. The van der Waals surface area contributed by atoms with Crippen molar-refractivity contribution < 1.29 is 28.8 Å². The second-order valence-corrected chi connectivity index (χ2v) is 5.21. The van der Waals surface area contributed by atoms with E-state index in [1.807, 2.05) is 67.6 Å². The molecule has 1 aliphatic carbocycles. The van der Waals surface area contributed by atoms with E-state index in [0.717, 1.165) is 16.7 Å². The van der Waals surface area contributed by atoms with Crippen molar-refractivity contribution in [2.45, 2.75) is 18.3 Å². The number of hydrogen-bond acceptors (Lipinski definition) is 2. The van der Waals surface area contributed by atoms with Crippen molar-refractivity contribution in [1.82, 2.24) is 0 Å². The summed E-state index contributed by atoms with van der Waals surface area (Å²) >= 11 is 0. The minimum absolute atomic E-state index is 0. The summed E-state index contributed by atoms with van der Waals surface area (Å²) in [4.78, 5) is 11.9. The third-order valence-corrected chi connectivity index (χ3v) is 4.25. The Labute approximate surface area is 136 Å². The monoisotopic (exact) mass is 270 g/mol. The molecule has 0 aliphatic heterocycles. The molecule has 100 valence electrons. The average molecular weight is 270 g/mol. The number of carboxylic acid groups (broad SMARTS) is 1. The zero-order valence-corrected chi connectivity index (χ0v) is 12.2.